The predicted molar refractivity (Wildman–Crippen MR) is 219 cm³/mol. The summed E-state index contributed by atoms with van der Waals surface area (Å²) in [5, 5.41) is 51.2. The SMILES string of the molecule is N#Cc1ccc(NC(=O)Nc2cccc(F)c2O)cc1.O=C(Nc1ccc(OC(F)(F)F)cc1)Nc1cccc(F)c1O.O=C(Nc1ccc2c(c1)OCO2)Nc1cccc(F)c1O. The highest BCUT2D eigenvalue weighted by molar-refractivity contribution is 6.02. The molecule has 0 spiro atoms. The van der Waals surface area contributed by atoms with E-state index >= 15 is 0 Å². The average Bonchev–Trinajstić information content (AvgIpc) is 3.72. The zero-order valence-electron chi connectivity index (χ0n) is 32.3. The van der Waals surface area contributed by atoms with Crippen LogP contribution in [-0.2, 0) is 0 Å². The maximum absolute atomic E-state index is 13.2. The van der Waals surface area contributed by atoms with Crippen molar-refractivity contribution < 1.29 is 70.3 Å². The Kier molecular flexibility index (Phi) is 15.1. The number of alkyl halides is 3. The third-order valence-corrected chi connectivity index (χ3v) is 7.95. The van der Waals surface area contributed by atoms with Gasteiger partial charge in [0.15, 0.2) is 46.2 Å². The lowest BCUT2D eigenvalue weighted by Gasteiger charge is -2.11. The van der Waals surface area contributed by atoms with Crippen LogP contribution < -0.4 is 46.1 Å². The molecule has 6 aromatic rings. The molecule has 22 heteroatoms. The van der Waals surface area contributed by atoms with Crippen LogP contribution in [0.5, 0.6) is 34.5 Å². The minimum atomic E-state index is -4.80. The molecule has 330 valence electrons. The van der Waals surface area contributed by atoms with E-state index in [9.17, 15) is 56.0 Å². The number of carbonyl (C=O) groups excluding carboxylic acids is 3. The fourth-order valence-electron chi connectivity index (χ4n) is 5.04. The summed E-state index contributed by atoms with van der Waals surface area (Å²) in [4.78, 5) is 35.2. The molecule has 7 rings (SSSR count). The first kappa shape index (κ1) is 46.1. The number of urea groups is 3. The highest BCUT2D eigenvalue weighted by atomic mass is 19.4. The van der Waals surface area contributed by atoms with Gasteiger partial charge in [-0.15, -0.1) is 13.2 Å². The number of ether oxygens (including phenoxy) is 3. The number of anilines is 6. The minimum Gasteiger partial charge on any atom is -0.503 e. The van der Waals surface area contributed by atoms with Gasteiger partial charge in [0, 0.05) is 23.1 Å². The van der Waals surface area contributed by atoms with Crippen molar-refractivity contribution in [2.45, 2.75) is 6.36 Å². The third kappa shape index (κ3) is 13.5. The second kappa shape index (κ2) is 21.0. The van der Waals surface area contributed by atoms with Gasteiger partial charge in [-0.05, 0) is 97.1 Å². The van der Waals surface area contributed by atoms with Gasteiger partial charge in [-0.25, -0.2) is 27.6 Å². The van der Waals surface area contributed by atoms with Crippen molar-refractivity contribution in [2.24, 2.45) is 0 Å². The molecule has 1 aliphatic rings. The van der Waals surface area contributed by atoms with Crippen molar-refractivity contribution in [2.75, 3.05) is 38.7 Å². The molecule has 0 bridgehead atoms. The molecular weight excluding hydrogens is 860 g/mol. The van der Waals surface area contributed by atoms with Crippen molar-refractivity contribution in [3.63, 3.8) is 0 Å². The standard InChI is InChI=1S/C14H10F4N2O3.C14H10FN3O2.C14H11FN2O4/c15-10-2-1-3-11(12(10)21)20-13(22)19-8-4-6-9(7-5-8)23-14(16,17)18;15-11-2-1-3-12(13(11)19)18-14(20)17-10-6-4-9(8-16)5-7-10;15-9-2-1-3-10(13(9)18)17-14(19)16-8-4-5-11-12(6-8)21-7-20-11/h1-7,21H,(H2,19,20,22);1-7,19H,(H2,17,18,20);1-6,18H,7H2,(H2,16,17,19). The van der Waals surface area contributed by atoms with E-state index in [-0.39, 0.29) is 29.5 Å². The Hall–Kier alpha value is -9.00. The minimum absolute atomic E-state index is 0.0201. The number of phenolic OH excluding ortho intramolecular Hbond substituents is 3. The number of nitrogens with one attached hydrogen (secondary N) is 6. The molecule has 1 aliphatic heterocycles. The van der Waals surface area contributed by atoms with Crippen LogP contribution in [0, 0.1) is 28.8 Å². The Balaban J connectivity index is 0.000000181. The van der Waals surface area contributed by atoms with Gasteiger partial charge >= 0.3 is 24.5 Å². The summed E-state index contributed by atoms with van der Waals surface area (Å²) in [7, 11) is 0. The van der Waals surface area contributed by atoms with Crippen molar-refractivity contribution >= 4 is 52.2 Å². The van der Waals surface area contributed by atoms with Crippen LogP contribution >= 0.6 is 0 Å². The molecule has 0 saturated carbocycles. The number of halogens is 6. The summed E-state index contributed by atoms with van der Waals surface area (Å²) in [5.74, 6) is -3.80. The number of nitrogens with zero attached hydrogens (tertiary/aromatic N) is 1. The first-order valence-electron chi connectivity index (χ1n) is 17.9. The highest BCUT2D eigenvalue weighted by Crippen LogP contribution is 2.35. The van der Waals surface area contributed by atoms with E-state index in [1.54, 1.807) is 42.5 Å². The third-order valence-electron chi connectivity index (χ3n) is 7.95. The van der Waals surface area contributed by atoms with Gasteiger partial charge in [0.05, 0.1) is 28.7 Å². The number of fused-ring (bicyclic) bond motifs is 1. The van der Waals surface area contributed by atoms with Crippen molar-refractivity contribution in [3.8, 4) is 40.6 Å². The Morgan fingerprint density at radius 1 is 0.547 bits per heavy atom. The molecule has 0 unspecified atom stereocenters. The summed E-state index contributed by atoms with van der Waals surface area (Å²) >= 11 is 0. The number of aromatic hydroxyl groups is 3. The Bertz CT molecular complexity index is 2670. The van der Waals surface area contributed by atoms with Gasteiger partial charge in [-0.1, -0.05) is 18.2 Å². The number of hydrogen-bond acceptors (Lipinski definition) is 10. The van der Waals surface area contributed by atoms with Crippen LogP contribution in [0.2, 0.25) is 0 Å². The Labute approximate surface area is 357 Å². The van der Waals surface area contributed by atoms with E-state index in [0.29, 0.717) is 28.4 Å². The van der Waals surface area contributed by atoms with Crippen LogP contribution in [0.25, 0.3) is 0 Å². The normalized spacial score (nSPS) is 10.9. The zero-order chi connectivity index (χ0) is 46.4. The van der Waals surface area contributed by atoms with E-state index in [1.807, 2.05) is 6.07 Å². The van der Waals surface area contributed by atoms with Crippen LogP contribution in [-0.4, -0.2) is 46.6 Å². The Morgan fingerprint density at radius 2 is 0.938 bits per heavy atom. The summed E-state index contributed by atoms with van der Waals surface area (Å²) < 4.78 is 89.4. The lowest BCUT2D eigenvalue weighted by Crippen LogP contribution is -2.20. The summed E-state index contributed by atoms with van der Waals surface area (Å²) in [5.41, 5.74) is 1.39. The van der Waals surface area contributed by atoms with Gasteiger partial charge in [-0.3, -0.25) is 0 Å². The van der Waals surface area contributed by atoms with Crippen LogP contribution in [0.3, 0.4) is 0 Å². The fraction of sp³-hybridized carbons (Fsp3) is 0.0476. The van der Waals surface area contributed by atoms with Gasteiger partial charge in [0.25, 0.3) is 0 Å². The van der Waals surface area contributed by atoms with Gasteiger partial charge in [0.2, 0.25) is 6.79 Å². The van der Waals surface area contributed by atoms with Gasteiger partial charge in [-0.2, -0.15) is 5.26 Å². The number of rotatable bonds is 7. The van der Waals surface area contributed by atoms with Gasteiger partial charge in [0.1, 0.15) is 5.75 Å². The average molecular weight is 892 g/mol. The molecule has 0 fully saturated rings. The van der Waals surface area contributed by atoms with Crippen LogP contribution in [0.1, 0.15) is 5.56 Å². The molecule has 64 heavy (non-hydrogen) atoms. The first-order chi connectivity index (χ1) is 30.5. The number of amides is 6. The molecule has 0 atom stereocenters. The largest absolute Gasteiger partial charge is 0.573 e. The second-order valence-corrected chi connectivity index (χ2v) is 12.5. The van der Waals surface area contributed by atoms with Crippen LogP contribution in [0.15, 0.2) is 121 Å². The number of para-hydroxylation sites is 3. The molecule has 9 N–H and O–H groups in total. The second-order valence-electron chi connectivity index (χ2n) is 12.5. The summed E-state index contributed by atoms with van der Waals surface area (Å²) in [6, 6.07) is 26.7. The molecule has 0 aliphatic carbocycles. The van der Waals surface area contributed by atoms with Crippen molar-refractivity contribution in [1.82, 2.24) is 0 Å². The predicted octanol–water partition coefficient (Wildman–Crippen LogP) is 10.0. The molecule has 6 aromatic carbocycles. The molecular formula is C42H31F6N7O9. The number of carbonyl (C=O) groups is 3. The van der Waals surface area contributed by atoms with Crippen molar-refractivity contribution in [1.29, 1.82) is 5.26 Å². The van der Waals surface area contributed by atoms with Gasteiger partial charge < -0.3 is 61.4 Å². The summed E-state index contributed by atoms with van der Waals surface area (Å²) in [6.07, 6.45) is -4.80. The monoisotopic (exact) mass is 891 g/mol. The maximum atomic E-state index is 13.2. The smallest absolute Gasteiger partial charge is 0.503 e. The maximum Gasteiger partial charge on any atom is 0.573 e. The Morgan fingerprint density at radius 3 is 1.36 bits per heavy atom. The first-order valence-corrected chi connectivity index (χ1v) is 17.9. The van der Waals surface area contributed by atoms with E-state index in [2.05, 4.69) is 36.6 Å². The fourth-order valence-corrected chi connectivity index (χ4v) is 5.04. The number of benzene rings is 6. The molecule has 16 nitrogen and oxygen atoms in total. The number of hydrogen-bond donors (Lipinski definition) is 9. The quantitative estimate of drug-likeness (QED) is 0.0543. The molecule has 0 aromatic heterocycles. The topological polar surface area (TPSA) is 236 Å². The molecule has 0 radical (unpaired) electrons. The number of nitriles is 1. The lowest BCUT2D eigenvalue weighted by molar-refractivity contribution is -0.274. The highest BCUT2D eigenvalue weighted by Gasteiger charge is 2.31. The molecule has 0 saturated heterocycles. The lowest BCUT2D eigenvalue weighted by atomic mass is 10.2. The summed E-state index contributed by atoms with van der Waals surface area (Å²) in [6.45, 7) is 0.141. The van der Waals surface area contributed by atoms with E-state index < -0.39 is 64.9 Å². The van der Waals surface area contributed by atoms with E-state index in [1.165, 1.54) is 48.5 Å². The van der Waals surface area contributed by atoms with Crippen molar-refractivity contribution in [3.05, 3.63) is 144 Å². The van der Waals surface area contributed by atoms with E-state index in [0.717, 1.165) is 30.3 Å². The van der Waals surface area contributed by atoms with Crippen LogP contribution in [0.4, 0.5) is 74.9 Å². The zero-order valence-corrected chi connectivity index (χ0v) is 32.3. The van der Waals surface area contributed by atoms with E-state index in [4.69, 9.17) is 14.7 Å². The molecule has 6 amide bonds. The number of phenols is 3. The molecule has 1 heterocycles.